The van der Waals surface area contributed by atoms with Gasteiger partial charge in [0.25, 0.3) is 0 Å². The number of nitrogens with one attached hydrogen (secondary N) is 7. The second-order valence-corrected chi connectivity index (χ2v) is 14.6. The lowest BCUT2D eigenvalue weighted by Gasteiger charge is -2.29. The zero-order valence-corrected chi connectivity index (χ0v) is 34.5. The van der Waals surface area contributed by atoms with E-state index in [9.17, 15) is 53.4 Å². The standard InChI is InChI=1S/C35H62N10O12S/c1-6-17(2)26(33(54)40-21(10-7-8-12-36)29(50)38-19(4)27(48)42-23(15-47)35(56)57)44-30(51)22(14-46)41-31(52)24(16-58)43-28(49)20(5)39-32(53)25-11-9-13-45(25)34(55)18(3)37/h17-26,46-47,58H,6-16,36-37H2,1-5H3,(H,38,50)(H,39,53)(H,40,54)(H,41,52)(H,42,48)(H,43,49)(H,44,51)(H,56,57)/t17-,18-,19-,20+,21-,22-,23-,24-,25-,26-/m0/s1. The Balaban J connectivity index is 3.02. The van der Waals surface area contributed by atoms with Gasteiger partial charge in [-0.15, -0.1) is 0 Å². The zero-order chi connectivity index (χ0) is 44.3. The van der Waals surface area contributed by atoms with Crippen molar-refractivity contribution in [2.45, 2.75) is 128 Å². The van der Waals surface area contributed by atoms with Gasteiger partial charge in [0.2, 0.25) is 47.3 Å². The van der Waals surface area contributed by atoms with Crippen LogP contribution in [-0.2, 0) is 43.2 Å². The molecule has 0 bridgehead atoms. The molecule has 0 spiro atoms. The van der Waals surface area contributed by atoms with Gasteiger partial charge in [0.05, 0.1) is 19.3 Å². The number of likely N-dealkylation sites (tertiary alicyclic amines) is 1. The molecule has 22 nitrogen and oxygen atoms in total. The maximum atomic E-state index is 13.7. The van der Waals surface area contributed by atoms with E-state index in [1.54, 1.807) is 13.8 Å². The van der Waals surface area contributed by atoms with Crippen molar-refractivity contribution in [3.8, 4) is 0 Å². The summed E-state index contributed by atoms with van der Waals surface area (Å²) in [5, 5.41) is 45.3. The minimum Gasteiger partial charge on any atom is -0.480 e. The van der Waals surface area contributed by atoms with Crippen LogP contribution in [0.2, 0.25) is 0 Å². The highest BCUT2D eigenvalue weighted by Gasteiger charge is 2.37. The summed E-state index contributed by atoms with van der Waals surface area (Å²) < 4.78 is 0. The Morgan fingerprint density at radius 1 is 0.707 bits per heavy atom. The van der Waals surface area contributed by atoms with Gasteiger partial charge in [-0.05, 0) is 65.3 Å². The molecule has 0 unspecified atom stereocenters. The average Bonchev–Trinajstić information content (AvgIpc) is 3.68. The van der Waals surface area contributed by atoms with Crippen LogP contribution in [0.1, 0.15) is 73.1 Å². The minimum absolute atomic E-state index is 0.0688. The van der Waals surface area contributed by atoms with Crippen LogP contribution in [-0.4, -0.2) is 160 Å². The van der Waals surface area contributed by atoms with Gasteiger partial charge in [-0.1, -0.05) is 20.3 Å². The Kier molecular flexibility index (Phi) is 22.8. The molecule has 0 aromatic heterocycles. The predicted molar refractivity (Wildman–Crippen MR) is 211 cm³/mol. The number of aliphatic carboxylic acids is 1. The van der Waals surface area contributed by atoms with E-state index in [-0.39, 0.29) is 18.7 Å². The van der Waals surface area contributed by atoms with E-state index in [1.807, 2.05) is 0 Å². The quantitative estimate of drug-likeness (QED) is 0.0302. The fraction of sp³-hybridized carbons (Fsp3) is 0.743. The van der Waals surface area contributed by atoms with Crippen LogP contribution in [0.4, 0.5) is 0 Å². The van der Waals surface area contributed by atoms with E-state index in [1.165, 1.54) is 25.7 Å². The summed E-state index contributed by atoms with van der Waals surface area (Å²) in [5.41, 5.74) is 11.3. The van der Waals surface area contributed by atoms with Crippen molar-refractivity contribution in [2.75, 3.05) is 32.1 Å². The van der Waals surface area contributed by atoms with Gasteiger partial charge >= 0.3 is 5.97 Å². The molecule has 1 aliphatic rings. The number of thiol groups is 1. The lowest BCUT2D eigenvalue weighted by atomic mass is 9.97. The third-order valence-corrected chi connectivity index (χ3v) is 9.90. The van der Waals surface area contributed by atoms with Gasteiger partial charge in [-0.2, -0.15) is 12.6 Å². The molecule has 1 heterocycles. The first-order valence-electron chi connectivity index (χ1n) is 19.2. The Bertz CT molecular complexity index is 1460. The number of amides is 8. The first-order valence-corrected chi connectivity index (χ1v) is 19.8. The second-order valence-electron chi connectivity index (χ2n) is 14.2. The number of nitrogens with two attached hydrogens (primary N) is 2. The number of rotatable bonds is 25. The Labute approximate surface area is 342 Å². The summed E-state index contributed by atoms with van der Waals surface area (Å²) in [4.78, 5) is 117. The van der Waals surface area contributed by atoms with E-state index in [0.717, 1.165) is 0 Å². The van der Waals surface area contributed by atoms with Gasteiger partial charge in [0.1, 0.15) is 48.3 Å². The molecule has 14 N–H and O–H groups in total. The number of aliphatic hydroxyl groups excluding tert-OH is 2. The SMILES string of the molecule is CC[C@H](C)[C@H](NC(=O)[C@H](CO)NC(=O)[C@H](CS)NC(=O)[C@@H](C)NC(=O)[C@@H]1CCCN1C(=O)[C@H](C)N)C(=O)N[C@@H](CCCCN)C(=O)N[C@@H](C)C(=O)N[C@@H](CO)C(=O)O. The Hall–Kier alpha value is -4.58. The van der Waals surface area contributed by atoms with Crippen LogP contribution < -0.4 is 48.7 Å². The summed E-state index contributed by atoms with van der Waals surface area (Å²) in [7, 11) is 0. The molecule has 0 radical (unpaired) electrons. The molecular formula is C35H62N10O12S. The molecule has 8 amide bonds. The number of aliphatic hydroxyl groups is 2. The van der Waals surface area contributed by atoms with Crippen LogP contribution in [0.3, 0.4) is 0 Å². The zero-order valence-electron chi connectivity index (χ0n) is 33.6. The molecule has 0 aliphatic carbocycles. The van der Waals surface area contributed by atoms with Gasteiger partial charge in [0.15, 0.2) is 0 Å². The van der Waals surface area contributed by atoms with Crippen LogP contribution in [0.25, 0.3) is 0 Å². The van der Waals surface area contributed by atoms with Crippen LogP contribution in [0.15, 0.2) is 0 Å². The third-order valence-electron chi connectivity index (χ3n) is 9.53. The maximum Gasteiger partial charge on any atom is 0.328 e. The normalized spacial score (nSPS) is 18.4. The molecule has 10 atom stereocenters. The molecule has 23 heteroatoms. The molecule has 330 valence electrons. The van der Waals surface area contributed by atoms with Crippen molar-refractivity contribution in [3.63, 3.8) is 0 Å². The highest BCUT2D eigenvalue weighted by atomic mass is 32.1. The van der Waals surface area contributed by atoms with E-state index in [4.69, 9.17) is 16.6 Å². The number of carbonyl (C=O) groups excluding carboxylic acids is 8. The van der Waals surface area contributed by atoms with Crippen molar-refractivity contribution in [3.05, 3.63) is 0 Å². The van der Waals surface area contributed by atoms with Gasteiger partial charge in [0, 0.05) is 12.3 Å². The number of unbranched alkanes of at least 4 members (excludes halogenated alkanes) is 1. The fourth-order valence-electron chi connectivity index (χ4n) is 5.74. The van der Waals surface area contributed by atoms with Crippen LogP contribution >= 0.6 is 12.6 Å². The second kappa shape index (κ2) is 25.7. The smallest absolute Gasteiger partial charge is 0.328 e. The third kappa shape index (κ3) is 16.0. The number of carbonyl (C=O) groups is 9. The number of carboxylic acid groups (broad SMARTS) is 1. The van der Waals surface area contributed by atoms with Crippen molar-refractivity contribution in [2.24, 2.45) is 17.4 Å². The summed E-state index contributed by atoms with van der Waals surface area (Å²) in [6.45, 7) is 6.32. The van der Waals surface area contributed by atoms with Gasteiger partial charge < -0.3 is 68.9 Å². The summed E-state index contributed by atoms with van der Waals surface area (Å²) in [6.07, 6.45) is 2.23. The van der Waals surface area contributed by atoms with Gasteiger partial charge in [-0.3, -0.25) is 38.4 Å². The Morgan fingerprint density at radius 2 is 1.22 bits per heavy atom. The molecule has 1 saturated heterocycles. The van der Waals surface area contributed by atoms with Crippen molar-refractivity contribution in [1.29, 1.82) is 0 Å². The van der Waals surface area contributed by atoms with Crippen molar-refractivity contribution < 1.29 is 58.5 Å². The van der Waals surface area contributed by atoms with E-state index in [0.29, 0.717) is 38.6 Å². The van der Waals surface area contributed by atoms with Crippen LogP contribution in [0, 0.1) is 5.92 Å². The molecule has 0 aromatic carbocycles. The van der Waals surface area contributed by atoms with Crippen LogP contribution in [0.5, 0.6) is 0 Å². The topological polar surface area (TPSA) is 354 Å². The first-order chi connectivity index (χ1) is 27.3. The molecule has 1 rings (SSSR count). The minimum atomic E-state index is -1.62. The molecule has 58 heavy (non-hydrogen) atoms. The lowest BCUT2D eigenvalue weighted by molar-refractivity contribution is -0.143. The molecular weight excluding hydrogens is 785 g/mol. The number of hydrogen-bond acceptors (Lipinski definition) is 14. The highest BCUT2D eigenvalue weighted by Crippen LogP contribution is 2.18. The van der Waals surface area contributed by atoms with E-state index < -0.39 is 127 Å². The molecule has 0 saturated carbocycles. The number of carboxylic acids is 1. The molecule has 1 fully saturated rings. The summed E-state index contributed by atoms with van der Waals surface area (Å²) in [5.74, 6) is -8.47. The van der Waals surface area contributed by atoms with E-state index in [2.05, 4.69) is 49.8 Å². The summed E-state index contributed by atoms with van der Waals surface area (Å²) in [6, 6.07) is -11.2. The highest BCUT2D eigenvalue weighted by molar-refractivity contribution is 7.80. The Morgan fingerprint density at radius 3 is 1.74 bits per heavy atom. The fourth-order valence-corrected chi connectivity index (χ4v) is 5.99. The predicted octanol–water partition coefficient (Wildman–Crippen LogP) is -5.07. The van der Waals surface area contributed by atoms with Crippen molar-refractivity contribution in [1.82, 2.24) is 42.1 Å². The number of nitrogens with zero attached hydrogens (tertiary/aromatic N) is 1. The van der Waals surface area contributed by atoms with Crippen molar-refractivity contribution >= 4 is 65.9 Å². The maximum absolute atomic E-state index is 13.7. The van der Waals surface area contributed by atoms with Gasteiger partial charge in [-0.25, -0.2) is 4.79 Å². The molecule has 0 aromatic rings. The molecule has 1 aliphatic heterocycles. The largest absolute Gasteiger partial charge is 0.480 e. The first kappa shape index (κ1) is 51.4. The lowest BCUT2D eigenvalue weighted by Crippen LogP contribution is -2.61. The average molecular weight is 847 g/mol. The summed E-state index contributed by atoms with van der Waals surface area (Å²) >= 11 is 4.12. The number of hydrogen-bond donors (Lipinski definition) is 13. The van der Waals surface area contributed by atoms with E-state index >= 15 is 0 Å². The monoisotopic (exact) mass is 846 g/mol.